The normalized spacial score (nSPS) is 16.7. The second kappa shape index (κ2) is 10.3. The topological polar surface area (TPSA) is 68.2 Å². The number of hydrogen-bond donors (Lipinski definition) is 0. The Kier molecular flexibility index (Phi) is 6.86. The highest BCUT2D eigenvalue weighted by Crippen LogP contribution is 2.33. The quantitative estimate of drug-likeness (QED) is 0.311. The number of hydrogen-bond acceptors (Lipinski definition) is 6. The first-order valence-corrected chi connectivity index (χ1v) is 12.4. The van der Waals surface area contributed by atoms with Crippen molar-refractivity contribution >= 4 is 0 Å². The van der Waals surface area contributed by atoms with Crippen LogP contribution in [0.4, 0.5) is 0 Å². The third kappa shape index (κ3) is 4.97. The minimum absolute atomic E-state index is 0.396. The Morgan fingerprint density at radius 1 is 0.941 bits per heavy atom. The molecule has 1 unspecified atom stereocenters. The summed E-state index contributed by atoms with van der Waals surface area (Å²) in [4.78, 5) is 7.24. The molecular weight excluding hydrogens is 424 g/mol. The van der Waals surface area contributed by atoms with E-state index in [-0.39, 0.29) is 0 Å². The van der Waals surface area contributed by atoms with Crippen LogP contribution in [0.1, 0.15) is 44.2 Å². The van der Waals surface area contributed by atoms with Crippen LogP contribution in [0.3, 0.4) is 0 Å². The van der Waals surface area contributed by atoms with Crippen LogP contribution in [0.25, 0.3) is 34.3 Å². The van der Waals surface area contributed by atoms with E-state index in [9.17, 15) is 0 Å². The van der Waals surface area contributed by atoms with E-state index in [1.165, 1.54) is 31.5 Å². The lowest BCUT2D eigenvalue weighted by Gasteiger charge is -2.30. The first-order chi connectivity index (χ1) is 16.7. The molecule has 3 heterocycles. The molecule has 0 saturated carbocycles. The summed E-state index contributed by atoms with van der Waals surface area (Å²) in [5, 5.41) is 8.53. The average Bonchev–Trinajstić information content (AvgIpc) is 3.51. The predicted molar refractivity (Wildman–Crippen MR) is 133 cm³/mol. The third-order valence-corrected chi connectivity index (χ3v) is 6.62. The van der Waals surface area contributed by atoms with Crippen molar-refractivity contribution in [3.8, 4) is 34.3 Å². The molecule has 176 valence electrons. The van der Waals surface area contributed by atoms with Gasteiger partial charge in [0, 0.05) is 29.8 Å². The maximum absolute atomic E-state index is 5.72. The molecule has 1 fully saturated rings. The van der Waals surface area contributed by atoms with Gasteiger partial charge in [0.1, 0.15) is 0 Å². The molecule has 0 amide bonds. The molecule has 1 aliphatic heterocycles. The Bertz CT molecular complexity index is 1200. The van der Waals surface area contributed by atoms with Gasteiger partial charge in [0.2, 0.25) is 5.82 Å². The van der Waals surface area contributed by atoms with Crippen LogP contribution in [-0.4, -0.2) is 39.8 Å². The second-order valence-corrected chi connectivity index (χ2v) is 9.37. The Morgan fingerprint density at radius 2 is 1.76 bits per heavy atom. The fraction of sp³-hybridized carbons (Fsp3) is 0.393. The van der Waals surface area contributed by atoms with E-state index < -0.39 is 0 Å². The van der Waals surface area contributed by atoms with Crippen LogP contribution >= 0.6 is 0 Å². The molecule has 1 saturated heterocycles. The molecule has 1 atom stereocenters. The number of likely N-dealkylation sites (tertiary alicyclic amines) is 1. The molecule has 0 aliphatic carbocycles. The number of piperidine rings is 1. The van der Waals surface area contributed by atoms with Gasteiger partial charge in [-0.2, -0.15) is 4.98 Å². The highest BCUT2D eigenvalue weighted by molar-refractivity contribution is 5.69. The number of rotatable bonds is 8. The molecule has 4 aromatic rings. The van der Waals surface area contributed by atoms with Crippen molar-refractivity contribution in [2.75, 3.05) is 19.6 Å². The van der Waals surface area contributed by atoms with Crippen LogP contribution in [0.5, 0.6) is 0 Å². The van der Waals surface area contributed by atoms with Gasteiger partial charge < -0.3 is 13.9 Å². The van der Waals surface area contributed by atoms with Crippen LogP contribution in [-0.2, 0) is 12.8 Å². The molecule has 5 rings (SSSR count). The Morgan fingerprint density at radius 3 is 2.53 bits per heavy atom. The Hall–Kier alpha value is -3.25. The molecule has 34 heavy (non-hydrogen) atoms. The van der Waals surface area contributed by atoms with Crippen LogP contribution in [0.15, 0.2) is 63.6 Å². The van der Waals surface area contributed by atoms with Crippen molar-refractivity contribution in [3.63, 3.8) is 0 Å². The van der Waals surface area contributed by atoms with E-state index in [0.29, 0.717) is 17.4 Å². The highest BCUT2D eigenvalue weighted by atomic mass is 16.5. The summed E-state index contributed by atoms with van der Waals surface area (Å²) in [6.07, 6.45) is 5.53. The van der Waals surface area contributed by atoms with E-state index in [1.807, 2.05) is 30.3 Å². The van der Waals surface area contributed by atoms with E-state index in [2.05, 4.69) is 58.3 Å². The standard InChI is InChI=1S/C28H32N4O2/c1-3-8-24-25(30-33-26(24)22-10-5-4-6-11-22)28-29-27(31-34-28)23-14-12-21(13-15-23)16-18-32-17-7-9-20(2)19-32/h4-6,10-15,20H,3,7-9,16-19H2,1-2H3. The number of nitrogens with zero attached hydrogens (tertiary/aromatic N) is 4. The van der Waals surface area contributed by atoms with Gasteiger partial charge in [0.15, 0.2) is 11.5 Å². The van der Waals surface area contributed by atoms with Crippen molar-refractivity contribution in [2.45, 2.75) is 46.0 Å². The summed E-state index contributed by atoms with van der Waals surface area (Å²) in [6.45, 7) is 8.05. The lowest BCUT2D eigenvalue weighted by Crippen LogP contribution is -2.35. The molecule has 0 N–H and O–H groups in total. The smallest absolute Gasteiger partial charge is 0.280 e. The van der Waals surface area contributed by atoms with Gasteiger partial charge >= 0.3 is 0 Å². The lowest BCUT2D eigenvalue weighted by molar-refractivity contribution is 0.186. The highest BCUT2D eigenvalue weighted by Gasteiger charge is 2.23. The van der Waals surface area contributed by atoms with Crippen molar-refractivity contribution in [3.05, 3.63) is 65.7 Å². The first-order valence-electron chi connectivity index (χ1n) is 12.4. The monoisotopic (exact) mass is 456 g/mol. The largest absolute Gasteiger partial charge is 0.355 e. The summed E-state index contributed by atoms with van der Waals surface area (Å²) in [7, 11) is 0. The summed E-state index contributed by atoms with van der Waals surface area (Å²) in [5.41, 5.74) is 4.91. The van der Waals surface area contributed by atoms with Crippen molar-refractivity contribution < 1.29 is 9.05 Å². The van der Waals surface area contributed by atoms with E-state index in [4.69, 9.17) is 9.05 Å². The molecule has 0 bridgehead atoms. The van der Waals surface area contributed by atoms with Gasteiger partial charge in [-0.25, -0.2) is 0 Å². The fourth-order valence-corrected chi connectivity index (χ4v) is 4.81. The maximum Gasteiger partial charge on any atom is 0.280 e. The van der Waals surface area contributed by atoms with Gasteiger partial charge in [0.25, 0.3) is 5.89 Å². The summed E-state index contributed by atoms with van der Waals surface area (Å²) in [6, 6.07) is 18.5. The molecule has 6 heteroatoms. The SMILES string of the molecule is CCCc1c(-c2nc(-c3ccc(CCN4CCCC(C)C4)cc3)no2)noc1-c1ccccc1. The molecule has 6 nitrogen and oxygen atoms in total. The van der Waals surface area contributed by atoms with Gasteiger partial charge in [-0.3, -0.25) is 0 Å². The first kappa shape index (κ1) is 22.5. The molecule has 2 aromatic heterocycles. The van der Waals surface area contributed by atoms with Crippen molar-refractivity contribution in [2.24, 2.45) is 5.92 Å². The minimum Gasteiger partial charge on any atom is -0.355 e. The number of benzene rings is 2. The van der Waals surface area contributed by atoms with E-state index in [0.717, 1.165) is 54.2 Å². The molecule has 0 spiro atoms. The zero-order valence-corrected chi connectivity index (χ0v) is 20.0. The third-order valence-electron chi connectivity index (χ3n) is 6.62. The molecular formula is C28H32N4O2. The summed E-state index contributed by atoms with van der Waals surface area (Å²) < 4.78 is 11.3. The van der Waals surface area contributed by atoms with Crippen LogP contribution < -0.4 is 0 Å². The van der Waals surface area contributed by atoms with Gasteiger partial charge in [0.05, 0.1) is 0 Å². The zero-order valence-electron chi connectivity index (χ0n) is 20.0. The summed E-state index contributed by atoms with van der Waals surface area (Å²) >= 11 is 0. The van der Waals surface area contributed by atoms with Crippen LogP contribution in [0.2, 0.25) is 0 Å². The predicted octanol–water partition coefficient (Wildman–Crippen LogP) is 6.29. The van der Waals surface area contributed by atoms with E-state index >= 15 is 0 Å². The lowest BCUT2D eigenvalue weighted by atomic mass is 10.00. The zero-order chi connectivity index (χ0) is 23.3. The van der Waals surface area contributed by atoms with Crippen LogP contribution in [0, 0.1) is 5.92 Å². The number of aromatic nitrogens is 3. The van der Waals surface area contributed by atoms with Crippen molar-refractivity contribution in [1.29, 1.82) is 0 Å². The van der Waals surface area contributed by atoms with Crippen molar-refractivity contribution in [1.82, 2.24) is 20.2 Å². The fourth-order valence-electron chi connectivity index (χ4n) is 4.81. The summed E-state index contributed by atoms with van der Waals surface area (Å²) in [5.74, 6) is 2.55. The maximum atomic E-state index is 5.72. The molecule has 2 aromatic carbocycles. The molecule has 0 radical (unpaired) electrons. The van der Waals surface area contributed by atoms with Gasteiger partial charge in [-0.15, -0.1) is 0 Å². The average molecular weight is 457 g/mol. The van der Waals surface area contributed by atoms with Gasteiger partial charge in [-0.05, 0) is 43.7 Å². The minimum atomic E-state index is 0.396. The van der Waals surface area contributed by atoms with Gasteiger partial charge in [-0.1, -0.05) is 85.2 Å². The van der Waals surface area contributed by atoms with E-state index in [1.54, 1.807) is 0 Å². The molecule has 1 aliphatic rings. The Labute approximate surface area is 201 Å². The second-order valence-electron chi connectivity index (χ2n) is 9.37. The Balaban J connectivity index is 1.31.